The van der Waals surface area contributed by atoms with Crippen LogP contribution in [0.3, 0.4) is 0 Å². The van der Waals surface area contributed by atoms with Gasteiger partial charge < -0.3 is 10.6 Å². The SMILES string of the molecule is Cc1nc(C2CCCC2)sc1C(=O)N1CC2CCC(N)C2C1.Cl. The van der Waals surface area contributed by atoms with E-state index in [1.165, 1.54) is 37.1 Å². The van der Waals surface area contributed by atoms with E-state index in [4.69, 9.17) is 10.7 Å². The summed E-state index contributed by atoms with van der Waals surface area (Å²) in [6.45, 7) is 3.74. The van der Waals surface area contributed by atoms with Gasteiger partial charge in [0.25, 0.3) is 5.91 Å². The van der Waals surface area contributed by atoms with Crippen molar-refractivity contribution in [2.75, 3.05) is 13.1 Å². The van der Waals surface area contributed by atoms with Crippen molar-refractivity contribution in [2.45, 2.75) is 57.4 Å². The fraction of sp³-hybridized carbons (Fsp3) is 0.765. The topological polar surface area (TPSA) is 59.2 Å². The molecule has 2 aliphatic carbocycles. The minimum atomic E-state index is 0. The number of aryl methyl sites for hydroxylation is 1. The van der Waals surface area contributed by atoms with Gasteiger partial charge in [-0.25, -0.2) is 4.98 Å². The Balaban J connectivity index is 0.00000156. The zero-order valence-corrected chi connectivity index (χ0v) is 15.3. The van der Waals surface area contributed by atoms with Gasteiger partial charge in [-0.1, -0.05) is 12.8 Å². The first-order valence-corrected chi connectivity index (χ1v) is 9.47. The van der Waals surface area contributed by atoms with Gasteiger partial charge in [0, 0.05) is 25.0 Å². The Hall–Kier alpha value is -0.650. The van der Waals surface area contributed by atoms with E-state index in [-0.39, 0.29) is 18.3 Å². The fourth-order valence-corrected chi connectivity index (χ4v) is 5.78. The molecule has 1 saturated heterocycles. The molecule has 4 nitrogen and oxygen atoms in total. The summed E-state index contributed by atoms with van der Waals surface area (Å²) in [6, 6.07) is 0.291. The highest BCUT2D eigenvalue weighted by molar-refractivity contribution is 7.13. The molecule has 1 aromatic rings. The molecule has 2 N–H and O–H groups in total. The third kappa shape index (κ3) is 3.03. The average molecular weight is 356 g/mol. The summed E-state index contributed by atoms with van der Waals surface area (Å²) in [4.78, 5) is 20.5. The summed E-state index contributed by atoms with van der Waals surface area (Å²) >= 11 is 1.65. The molecule has 1 aliphatic heterocycles. The third-order valence-electron chi connectivity index (χ3n) is 5.91. The lowest BCUT2D eigenvalue weighted by molar-refractivity contribution is 0.0783. The largest absolute Gasteiger partial charge is 0.337 e. The molecular weight excluding hydrogens is 330 g/mol. The summed E-state index contributed by atoms with van der Waals surface area (Å²) in [5.41, 5.74) is 7.12. The number of halogens is 1. The van der Waals surface area contributed by atoms with Crippen LogP contribution in [0, 0.1) is 18.8 Å². The average Bonchev–Trinajstić information content (AvgIpc) is 3.23. The molecule has 0 bridgehead atoms. The highest BCUT2D eigenvalue weighted by Gasteiger charge is 2.43. The van der Waals surface area contributed by atoms with Crippen molar-refractivity contribution in [3.05, 3.63) is 15.6 Å². The van der Waals surface area contributed by atoms with Gasteiger partial charge in [0.05, 0.1) is 10.7 Å². The van der Waals surface area contributed by atoms with Crippen LogP contribution in [0.5, 0.6) is 0 Å². The van der Waals surface area contributed by atoms with E-state index in [0.717, 1.165) is 30.1 Å². The van der Waals surface area contributed by atoms with Crippen LogP contribution < -0.4 is 5.73 Å². The van der Waals surface area contributed by atoms with Crippen LogP contribution in [0.15, 0.2) is 0 Å². The number of likely N-dealkylation sites (tertiary alicyclic amines) is 1. The Morgan fingerprint density at radius 1 is 1.22 bits per heavy atom. The molecule has 3 atom stereocenters. The van der Waals surface area contributed by atoms with Crippen molar-refractivity contribution in [3.8, 4) is 0 Å². The molecule has 3 aliphatic rings. The molecule has 128 valence electrons. The molecule has 1 amide bonds. The quantitative estimate of drug-likeness (QED) is 0.885. The van der Waals surface area contributed by atoms with Gasteiger partial charge in [0.2, 0.25) is 0 Å². The number of rotatable bonds is 2. The smallest absolute Gasteiger partial charge is 0.265 e. The summed E-state index contributed by atoms with van der Waals surface area (Å²) in [7, 11) is 0. The standard InChI is InChI=1S/C17H25N3OS.ClH/c1-10-15(22-16(19-10)11-4-2-3-5-11)17(21)20-8-12-6-7-14(18)13(12)9-20;/h11-14H,2-9,18H2,1H3;1H. The first-order valence-electron chi connectivity index (χ1n) is 8.65. The van der Waals surface area contributed by atoms with Crippen molar-refractivity contribution in [1.82, 2.24) is 9.88 Å². The van der Waals surface area contributed by atoms with E-state index in [1.54, 1.807) is 11.3 Å². The third-order valence-corrected chi connectivity index (χ3v) is 7.22. The van der Waals surface area contributed by atoms with E-state index < -0.39 is 0 Å². The van der Waals surface area contributed by atoms with Crippen molar-refractivity contribution in [1.29, 1.82) is 0 Å². The predicted molar refractivity (Wildman–Crippen MR) is 95.4 cm³/mol. The number of amides is 1. The molecular formula is C17H26ClN3OS. The van der Waals surface area contributed by atoms with Gasteiger partial charge in [0.1, 0.15) is 4.88 Å². The molecule has 3 fully saturated rings. The lowest BCUT2D eigenvalue weighted by Crippen LogP contribution is -2.33. The molecule has 3 unspecified atom stereocenters. The fourth-order valence-electron chi connectivity index (χ4n) is 4.58. The molecule has 2 saturated carbocycles. The minimum Gasteiger partial charge on any atom is -0.337 e. The van der Waals surface area contributed by atoms with Crippen LogP contribution in [0.25, 0.3) is 0 Å². The van der Waals surface area contributed by atoms with E-state index >= 15 is 0 Å². The molecule has 6 heteroatoms. The van der Waals surface area contributed by atoms with Gasteiger partial charge in [-0.2, -0.15) is 0 Å². The van der Waals surface area contributed by atoms with Gasteiger partial charge in [-0.15, -0.1) is 23.7 Å². The molecule has 0 aromatic carbocycles. The molecule has 2 heterocycles. The van der Waals surface area contributed by atoms with E-state index in [0.29, 0.717) is 23.8 Å². The van der Waals surface area contributed by atoms with Gasteiger partial charge in [0.15, 0.2) is 0 Å². The second-order valence-corrected chi connectivity index (χ2v) is 8.35. The first-order chi connectivity index (χ1) is 10.6. The number of carbonyl (C=O) groups is 1. The number of aromatic nitrogens is 1. The Kier molecular flexibility index (Phi) is 5.00. The van der Waals surface area contributed by atoms with Gasteiger partial charge >= 0.3 is 0 Å². The highest BCUT2D eigenvalue weighted by Crippen LogP contribution is 2.40. The second kappa shape index (κ2) is 6.69. The summed E-state index contributed by atoms with van der Waals surface area (Å²) < 4.78 is 0. The number of hydrogen-bond donors (Lipinski definition) is 1. The van der Waals surface area contributed by atoms with Crippen LogP contribution in [-0.4, -0.2) is 34.9 Å². The monoisotopic (exact) mass is 355 g/mol. The number of fused-ring (bicyclic) bond motifs is 1. The van der Waals surface area contributed by atoms with E-state index in [1.807, 2.05) is 11.8 Å². The van der Waals surface area contributed by atoms with Crippen LogP contribution in [0.2, 0.25) is 0 Å². The number of carbonyl (C=O) groups excluding carboxylic acids is 1. The first kappa shape index (κ1) is 17.2. The van der Waals surface area contributed by atoms with Crippen molar-refractivity contribution in [2.24, 2.45) is 17.6 Å². The molecule has 0 spiro atoms. The van der Waals surface area contributed by atoms with Crippen LogP contribution in [-0.2, 0) is 0 Å². The maximum atomic E-state index is 12.9. The lowest BCUT2D eigenvalue weighted by Gasteiger charge is -2.18. The predicted octanol–water partition coefficient (Wildman–Crippen LogP) is 3.34. The number of hydrogen-bond acceptors (Lipinski definition) is 4. The maximum Gasteiger partial charge on any atom is 0.265 e. The summed E-state index contributed by atoms with van der Waals surface area (Å²) in [6.07, 6.45) is 7.40. The molecule has 1 aromatic heterocycles. The number of nitrogens with zero attached hydrogens (tertiary/aromatic N) is 2. The molecule has 4 rings (SSSR count). The zero-order chi connectivity index (χ0) is 15.3. The zero-order valence-electron chi connectivity index (χ0n) is 13.7. The molecule has 0 radical (unpaired) electrons. The maximum absolute atomic E-state index is 12.9. The lowest BCUT2D eigenvalue weighted by atomic mass is 9.98. The van der Waals surface area contributed by atoms with E-state index in [9.17, 15) is 4.79 Å². The Bertz CT molecular complexity index is 584. The number of thiazole rings is 1. The van der Waals surface area contributed by atoms with Crippen molar-refractivity contribution < 1.29 is 4.79 Å². The van der Waals surface area contributed by atoms with Crippen LogP contribution in [0.1, 0.15) is 64.8 Å². The van der Waals surface area contributed by atoms with Crippen molar-refractivity contribution >= 4 is 29.7 Å². The Morgan fingerprint density at radius 2 is 1.96 bits per heavy atom. The van der Waals surface area contributed by atoms with E-state index in [2.05, 4.69) is 0 Å². The van der Waals surface area contributed by atoms with Crippen LogP contribution in [0.4, 0.5) is 0 Å². The minimum absolute atomic E-state index is 0. The van der Waals surface area contributed by atoms with Gasteiger partial charge in [-0.3, -0.25) is 4.79 Å². The Labute approximate surface area is 148 Å². The summed E-state index contributed by atoms with van der Waals surface area (Å²) in [5, 5.41) is 1.19. The van der Waals surface area contributed by atoms with Crippen LogP contribution >= 0.6 is 23.7 Å². The Morgan fingerprint density at radius 3 is 2.65 bits per heavy atom. The molecule has 23 heavy (non-hydrogen) atoms. The normalized spacial score (nSPS) is 30.5. The number of nitrogens with two attached hydrogens (primary N) is 1. The van der Waals surface area contributed by atoms with Crippen molar-refractivity contribution in [3.63, 3.8) is 0 Å². The summed E-state index contributed by atoms with van der Waals surface area (Å²) in [5.74, 6) is 1.94. The second-order valence-electron chi connectivity index (χ2n) is 7.32. The van der Waals surface area contributed by atoms with Gasteiger partial charge in [-0.05, 0) is 44.4 Å². The highest BCUT2D eigenvalue weighted by atomic mass is 35.5.